The SMILES string of the molecule is C=CCn1ccc2ccc(-c3ccnc(Nc4ccc(OCCC(CCO)CCCO)c(COCC)c4)n3)cc21. The van der Waals surface area contributed by atoms with E-state index in [0.29, 0.717) is 38.1 Å². The van der Waals surface area contributed by atoms with Gasteiger partial charge in [0.2, 0.25) is 5.95 Å². The van der Waals surface area contributed by atoms with Crippen LogP contribution in [0.2, 0.25) is 0 Å². The van der Waals surface area contributed by atoms with E-state index in [1.807, 2.05) is 37.3 Å². The second-order valence-electron chi connectivity index (χ2n) is 9.76. The summed E-state index contributed by atoms with van der Waals surface area (Å²) in [5.41, 5.74) is 4.76. The number of aliphatic hydroxyl groups is 2. The van der Waals surface area contributed by atoms with Gasteiger partial charge in [-0.15, -0.1) is 6.58 Å². The molecule has 0 aliphatic heterocycles. The Morgan fingerprint density at radius 3 is 2.75 bits per heavy atom. The molecule has 1 atom stereocenters. The van der Waals surface area contributed by atoms with E-state index in [-0.39, 0.29) is 13.2 Å². The second-order valence-corrected chi connectivity index (χ2v) is 9.76. The number of nitrogens with zero attached hydrogens (tertiary/aromatic N) is 3. The van der Waals surface area contributed by atoms with E-state index >= 15 is 0 Å². The Morgan fingerprint density at radius 2 is 1.95 bits per heavy atom. The molecule has 212 valence electrons. The summed E-state index contributed by atoms with van der Waals surface area (Å²) in [6.07, 6.45) is 8.87. The van der Waals surface area contributed by atoms with Gasteiger partial charge in [0.05, 0.1) is 18.9 Å². The zero-order valence-electron chi connectivity index (χ0n) is 23.3. The number of fused-ring (bicyclic) bond motifs is 1. The molecule has 0 fully saturated rings. The number of anilines is 2. The molecule has 0 amide bonds. The number of ether oxygens (including phenoxy) is 2. The third kappa shape index (κ3) is 7.91. The van der Waals surface area contributed by atoms with Gasteiger partial charge in [0.15, 0.2) is 0 Å². The summed E-state index contributed by atoms with van der Waals surface area (Å²) in [6, 6.07) is 16.2. The Hall–Kier alpha value is -3.72. The highest BCUT2D eigenvalue weighted by Crippen LogP contribution is 2.28. The van der Waals surface area contributed by atoms with Crippen molar-refractivity contribution in [1.82, 2.24) is 14.5 Å². The number of benzene rings is 2. The predicted molar refractivity (Wildman–Crippen MR) is 160 cm³/mol. The van der Waals surface area contributed by atoms with Crippen LogP contribution in [-0.2, 0) is 17.9 Å². The monoisotopic (exact) mass is 544 g/mol. The molecule has 0 radical (unpaired) electrons. The maximum Gasteiger partial charge on any atom is 0.227 e. The molecule has 2 aromatic carbocycles. The fourth-order valence-electron chi connectivity index (χ4n) is 4.80. The number of aromatic nitrogens is 3. The number of hydrogen-bond acceptors (Lipinski definition) is 7. The van der Waals surface area contributed by atoms with E-state index in [1.165, 1.54) is 5.39 Å². The number of aliphatic hydroxyl groups excluding tert-OH is 2. The number of nitrogens with one attached hydrogen (secondary N) is 1. The molecule has 40 heavy (non-hydrogen) atoms. The van der Waals surface area contributed by atoms with Crippen molar-refractivity contribution in [3.63, 3.8) is 0 Å². The van der Waals surface area contributed by atoms with Gasteiger partial charge < -0.3 is 29.6 Å². The van der Waals surface area contributed by atoms with E-state index in [9.17, 15) is 5.11 Å². The Kier molecular flexibility index (Phi) is 11.1. The average molecular weight is 545 g/mol. The molecular formula is C32H40N4O4. The molecule has 2 heterocycles. The molecule has 0 spiro atoms. The van der Waals surface area contributed by atoms with E-state index in [4.69, 9.17) is 19.6 Å². The van der Waals surface area contributed by atoms with Crippen LogP contribution in [-0.4, -0.2) is 51.2 Å². The molecule has 0 aliphatic rings. The quantitative estimate of drug-likeness (QED) is 0.138. The van der Waals surface area contributed by atoms with Crippen LogP contribution in [0.3, 0.4) is 0 Å². The first kappa shape index (κ1) is 29.3. The van der Waals surface area contributed by atoms with Gasteiger partial charge in [0.25, 0.3) is 0 Å². The van der Waals surface area contributed by atoms with Gasteiger partial charge in [-0.1, -0.05) is 18.2 Å². The summed E-state index contributed by atoms with van der Waals surface area (Å²) in [5, 5.41) is 23.0. The van der Waals surface area contributed by atoms with Gasteiger partial charge in [0, 0.05) is 61.1 Å². The first-order valence-electron chi connectivity index (χ1n) is 14.0. The molecule has 4 rings (SSSR count). The van der Waals surface area contributed by atoms with Gasteiger partial charge in [-0.05, 0) is 80.3 Å². The second kappa shape index (κ2) is 15.2. The molecule has 8 heteroatoms. The first-order chi connectivity index (χ1) is 19.6. The molecular weight excluding hydrogens is 504 g/mol. The van der Waals surface area contributed by atoms with Crippen LogP contribution in [0, 0.1) is 5.92 Å². The lowest BCUT2D eigenvalue weighted by atomic mass is 9.97. The van der Waals surface area contributed by atoms with Crippen LogP contribution in [0.5, 0.6) is 5.75 Å². The van der Waals surface area contributed by atoms with Crippen molar-refractivity contribution in [2.45, 2.75) is 45.8 Å². The minimum atomic E-state index is 0.146. The lowest BCUT2D eigenvalue weighted by Crippen LogP contribution is -2.11. The van der Waals surface area contributed by atoms with Crippen molar-refractivity contribution in [2.24, 2.45) is 5.92 Å². The van der Waals surface area contributed by atoms with Crippen molar-refractivity contribution in [3.8, 4) is 17.0 Å². The van der Waals surface area contributed by atoms with E-state index in [2.05, 4.69) is 51.9 Å². The van der Waals surface area contributed by atoms with Crippen LogP contribution in [0.1, 0.15) is 38.2 Å². The molecule has 0 saturated heterocycles. The Balaban J connectivity index is 1.47. The highest BCUT2D eigenvalue weighted by molar-refractivity contribution is 5.85. The molecule has 0 saturated carbocycles. The maximum atomic E-state index is 9.35. The lowest BCUT2D eigenvalue weighted by Gasteiger charge is -2.18. The minimum absolute atomic E-state index is 0.146. The number of allylic oxidation sites excluding steroid dienone is 1. The zero-order valence-corrected chi connectivity index (χ0v) is 23.3. The normalized spacial score (nSPS) is 12.0. The van der Waals surface area contributed by atoms with Crippen LogP contribution in [0.15, 0.2) is 73.6 Å². The van der Waals surface area contributed by atoms with Gasteiger partial charge in [-0.3, -0.25) is 0 Å². The van der Waals surface area contributed by atoms with Crippen LogP contribution >= 0.6 is 0 Å². The Labute approximate surface area is 236 Å². The maximum absolute atomic E-state index is 9.35. The van der Waals surface area contributed by atoms with Gasteiger partial charge in [0.1, 0.15) is 5.75 Å². The van der Waals surface area contributed by atoms with Crippen molar-refractivity contribution in [2.75, 3.05) is 31.7 Å². The van der Waals surface area contributed by atoms with Crippen molar-refractivity contribution >= 4 is 22.5 Å². The molecule has 2 aromatic heterocycles. The first-order valence-corrected chi connectivity index (χ1v) is 14.0. The highest BCUT2D eigenvalue weighted by Gasteiger charge is 2.12. The largest absolute Gasteiger partial charge is 0.493 e. The molecule has 0 aliphatic carbocycles. The van der Waals surface area contributed by atoms with E-state index in [0.717, 1.165) is 59.6 Å². The minimum Gasteiger partial charge on any atom is -0.493 e. The van der Waals surface area contributed by atoms with Crippen molar-refractivity contribution in [3.05, 3.63) is 79.1 Å². The van der Waals surface area contributed by atoms with Gasteiger partial charge >= 0.3 is 0 Å². The van der Waals surface area contributed by atoms with Crippen LogP contribution in [0.4, 0.5) is 11.6 Å². The smallest absolute Gasteiger partial charge is 0.227 e. The predicted octanol–water partition coefficient (Wildman–Crippen LogP) is 6.10. The highest BCUT2D eigenvalue weighted by atomic mass is 16.5. The summed E-state index contributed by atoms with van der Waals surface area (Å²) in [6.45, 7) is 8.45. The van der Waals surface area contributed by atoms with E-state index in [1.54, 1.807) is 6.20 Å². The Bertz CT molecular complexity index is 1370. The lowest BCUT2D eigenvalue weighted by molar-refractivity contribution is 0.130. The fraction of sp³-hybridized carbons (Fsp3) is 0.375. The average Bonchev–Trinajstić information content (AvgIpc) is 3.38. The number of hydrogen-bond donors (Lipinski definition) is 3. The molecule has 8 nitrogen and oxygen atoms in total. The number of rotatable bonds is 17. The summed E-state index contributed by atoms with van der Waals surface area (Å²) >= 11 is 0. The van der Waals surface area contributed by atoms with Crippen molar-refractivity contribution < 1.29 is 19.7 Å². The molecule has 0 bridgehead atoms. The summed E-state index contributed by atoms with van der Waals surface area (Å²) in [4.78, 5) is 9.22. The third-order valence-electron chi connectivity index (χ3n) is 6.92. The molecule has 1 unspecified atom stereocenters. The zero-order chi connectivity index (χ0) is 28.2. The van der Waals surface area contributed by atoms with Crippen LogP contribution in [0.25, 0.3) is 22.2 Å². The standard InChI is InChI=1S/C32H40N4O4/c1-3-16-36-17-12-25-7-8-26(22-30(25)36)29-11-15-33-32(35-29)34-28-9-10-31(27(21-28)23-39-4-2)40-20-14-24(13-19-38)6-5-18-37/h3,7-12,15,17,21-22,24,37-38H,1,4-6,13-14,16,18-20,23H2,2H3,(H,33,34,35). The summed E-state index contributed by atoms with van der Waals surface area (Å²) < 4.78 is 14.0. The van der Waals surface area contributed by atoms with Crippen LogP contribution < -0.4 is 10.1 Å². The van der Waals surface area contributed by atoms with Gasteiger partial charge in [-0.2, -0.15) is 0 Å². The molecule has 4 aromatic rings. The third-order valence-corrected chi connectivity index (χ3v) is 6.92. The molecule has 3 N–H and O–H groups in total. The fourth-order valence-corrected chi connectivity index (χ4v) is 4.80. The summed E-state index contributed by atoms with van der Waals surface area (Å²) in [5.74, 6) is 1.60. The summed E-state index contributed by atoms with van der Waals surface area (Å²) in [7, 11) is 0. The van der Waals surface area contributed by atoms with Crippen molar-refractivity contribution in [1.29, 1.82) is 0 Å². The topological polar surface area (TPSA) is 102 Å². The van der Waals surface area contributed by atoms with E-state index < -0.39 is 0 Å². The Morgan fingerprint density at radius 1 is 1.05 bits per heavy atom. The van der Waals surface area contributed by atoms with Gasteiger partial charge in [-0.25, -0.2) is 9.97 Å².